The van der Waals surface area contributed by atoms with E-state index in [9.17, 15) is 9.90 Å². The van der Waals surface area contributed by atoms with Crippen molar-refractivity contribution in [2.75, 3.05) is 32.4 Å². The zero-order valence-electron chi connectivity index (χ0n) is 22.5. The second kappa shape index (κ2) is 13.1. The average molecular weight is 556 g/mol. The standard InChI is InChI=1S/C23H18N4O3S.C8H16N/c24-22-25-20(27-31-22)19(21(28)29)26-30-23(16-10-4-1-5-11-16,17-12-6-2-7-13-17)18-14-8-3-9-15-18;1-3-6-9(2)7-4-5-8-9/h1-15H,(H,28,29)(H2,24,25,27);3H,1,4-8H2,2H3/q;+1/p-1. The molecule has 8 nitrogen and oxygen atoms in total. The van der Waals surface area contributed by atoms with Crippen molar-refractivity contribution in [2.45, 2.75) is 18.4 Å². The van der Waals surface area contributed by atoms with Gasteiger partial charge in [0.1, 0.15) is 0 Å². The van der Waals surface area contributed by atoms with Crippen molar-refractivity contribution in [3.8, 4) is 0 Å². The van der Waals surface area contributed by atoms with Crippen molar-refractivity contribution in [1.82, 2.24) is 9.36 Å². The molecule has 4 aromatic rings. The summed E-state index contributed by atoms with van der Waals surface area (Å²) in [6, 6.07) is 28.3. The Morgan fingerprint density at radius 2 is 1.48 bits per heavy atom. The van der Waals surface area contributed by atoms with Gasteiger partial charge in [0.05, 0.1) is 32.7 Å². The number of rotatable bonds is 9. The van der Waals surface area contributed by atoms with E-state index >= 15 is 0 Å². The SMILES string of the molecule is C=CC[N+]1(C)CCCC1.Nc1nc(C(=NOC(c2ccccc2)(c2ccccc2)c2ccccc2)C(=O)[O-])ns1. The van der Waals surface area contributed by atoms with Gasteiger partial charge in [0, 0.05) is 41.1 Å². The number of hydrogen-bond acceptors (Lipinski definition) is 8. The van der Waals surface area contributed by atoms with E-state index in [1.807, 2.05) is 97.1 Å². The van der Waals surface area contributed by atoms with Crippen LogP contribution < -0.4 is 10.8 Å². The number of aromatic nitrogens is 2. The molecule has 1 saturated heterocycles. The second-order valence-corrected chi connectivity index (χ2v) is 10.6. The van der Waals surface area contributed by atoms with Crippen LogP contribution in [-0.2, 0) is 15.2 Å². The maximum absolute atomic E-state index is 11.8. The van der Waals surface area contributed by atoms with Crippen LogP contribution in [0.4, 0.5) is 5.13 Å². The molecule has 9 heteroatoms. The van der Waals surface area contributed by atoms with Crippen molar-refractivity contribution >= 4 is 28.3 Å². The van der Waals surface area contributed by atoms with Crippen molar-refractivity contribution in [2.24, 2.45) is 5.16 Å². The second-order valence-electron chi connectivity index (χ2n) is 9.80. The fraction of sp³-hybridized carbons (Fsp3) is 0.226. The topological polar surface area (TPSA) is 114 Å². The normalized spacial score (nSPS) is 14.6. The number of nitrogens with two attached hydrogens (primary N) is 1. The lowest BCUT2D eigenvalue weighted by Crippen LogP contribution is -2.40. The Labute approximate surface area is 238 Å². The van der Waals surface area contributed by atoms with Crippen molar-refractivity contribution in [1.29, 1.82) is 0 Å². The average Bonchev–Trinajstić information content (AvgIpc) is 3.61. The summed E-state index contributed by atoms with van der Waals surface area (Å²) in [6.45, 7) is 7.61. The van der Waals surface area contributed by atoms with E-state index in [0.29, 0.717) is 0 Å². The monoisotopic (exact) mass is 555 g/mol. The first kappa shape index (κ1) is 28.7. The molecule has 0 radical (unpaired) electrons. The molecular formula is C31H33N5O3S. The fourth-order valence-electron chi connectivity index (χ4n) is 4.88. The number of hydrogen-bond donors (Lipinski definition) is 1. The molecule has 0 spiro atoms. The molecule has 1 aromatic heterocycles. The third-order valence-corrected chi connectivity index (χ3v) is 7.42. The Morgan fingerprint density at radius 1 is 1.00 bits per heavy atom. The van der Waals surface area contributed by atoms with E-state index in [-0.39, 0.29) is 11.0 Å². The molecule has 2 N–H and O–H groups in total. The molecule has 1 aliphatic rings. The number of benzene rings is 3. The Balaban J connectivity index is 0.000000350. The molecule has 5 rings (SSSR count). The highest BCUT2D eigenvalue weighted by Gasteiger charge is 2.40. The largest absolute Gasteiger partial charge is 0.543 e. The Bertz CT molecular complexity index is 1320. The summed E-state index contributed by atoms with van der Waals surface area (Å²) in [6.07, 6.45) is 4.85. The number of likely N-dealkylation sites (tertiary alicyclic amines) is 1. The molecule has 0 amide bonds. The molecule has 0 aliphatic carbocycles. The van der Waals surface area contributed by atoms with Gasteiger partial charge in [-0.1, -0.05) is 103 Å². The zero-order chi connectivity index (χ0) is 28.4. The third kappa shape index (κ3) is 6.62. The minimum atomic E-state index is -1.57. The summed E-state index contributed by atoms with van der Waals surface area (Å²) in [7, 11) is 2.31. The van der Waals surface area contributed by atoms with Crippen molar-refractivity contribution < 1.29 is 19.2 Å². The van der Waals surface area contributed by atoms with E-state index in [4.69, 9.17) is 10.6 Å². The van der Waals surface area contributed by atoms with Crippen LogP contribution >= 0.6 is 11.5 Å². The van der Waals surface area contributed by atoms with Gasteiger partial charge in [-0.2, -0.15) is 9.36 Å². The lowest BCUT2D eigenvalue weighted by Gasteiger charge is -2.33. The number of nitrogen functional groups attached to an aromatic ring is 1. The summed E-state index contributed by atoms with van der Waals surface area (Å²) in [5, 5.41) is 15.9. The molecule has 0 atom stereocenters. The van der Waals surface area contributed by atoms with Gasteiger partial charge >= 0.3 is 0 Å². The maximum atomic E-state index is 11.8. The van der Waals surface area contributed by atoms with Gasteiger partial charge in [-0.15, -0.1) is 0 Å². The van der Waals surface area contributed by atoms with Crippen LogP contribution in [0.3, 0.4) is 0 Å². The number of carbonyl (C=O) groups is 1. The van der Waals surface area contributed by atoms with Crippen LogP contribution in [0.15, 0.2) is 109 Å². The Hall–Kier alpha value is -4.34. The highest BCUT2D eigenvalue weighted by Crippen LogP contribution is 2.40. The predicted molar refractivity (Wildman–Crippen MR) is 156 cm³/mol. The molecule has 206 valence electrons. The molecule has 2 heterocycles. The van der Waals surface area contributed by atoms with Crippen LogP contribution in [-0.4, -0.2) is 52.2 Å². The first-order valence-corrected chi connectivity index (χ1v) is 13.8. The number of carboxylic acid groups (broad SMARTS) is 1. The van der Waals surface area contributed by atoms with E-state index in [1.54, 1.807) is 0 Å². The van der Waals surface area contributed by atoms with Crippen molar-refractivity contribution in [3.63, 3.8) is 0 Å². The highest BCUT2D eigenvalue weighted by molar-refractivity contribution is 7.09. The van der Waals surface area contributed by atoms with Crippen LogP contribution in [0.5, 0.6) is 0 Å². The van der Waals surface area contributed by atoms with Gasteiger partial charge in [-0.25, -0.2) is 0 Å². The molecular weight excluding hydrogens is 522 g/mol. The molecule has 40 heavy (non-hydrogen) atoms. The summed E-state index contributed by atoms with van der Waals surface area (Å²) in [5.41, 5.74) is 6.13. The van der Waals surface area contributed by atoms with Crippen LogP contribution in [0.1, 0.15) is 35.4 Å². The molecule has 0 unspecified atom stereocenters. The summed E-state index contributed by atoms with van der Waals surface area (Å²) < 4.78 is 5.16. The summed E-state index contributed by atoms with van der Waals surface area (Å²) in [4.78, 5) is 21.8. The van der Waals surface area contributed by atoms with Gasteiger partial charge < -0.3 is 25.0 Å². The van der Waals surface area contributed by atoms with E-state index in [2.05, 4.69) is 28.1 Å². The third-order valence-electron chi connectivity index (χ3n) is 6.88. The number of likely N-dealkylation sites (N-methyl/N-ethyl adjacent to an activating group) is 1. The fourth-order valence-corrected chi connectivity index (χ4v) is 5.32. The number of aliphatic carboxylic acids is 1. The number of carbonyl (C=O) groups excluding carboxylic acids is 1. The van der Waals surface area contributed by atoms with Gasteiger partial charge in [-0.05, 0) is 6.08 Å². The molecule has 0 bridgehead atoms. The quantitative estimate of drug-likeness (QED) is 0.110. The number of oxime groups is 1. The lowest BCUT2D eigenvalue weighted by atomic mass is 9.80. The van der Waals surface area contributed by atoms with Crippen LogP contribution in [0.25, 0.3) is 0 Å². The number of carboxylic acids is 1. The predicted octanol–water partition coefficient (Wildman–Crippen LogP) is 4.00. The lowest BCUT2D eigenvalue weighted by molar-refractivity contribution is -0.891. The molecule has 1 fully saturated rings. The number of quaternary nitrogens is 1. The van der Waals surface area contributed by atoms with E-state index in [1.165, 1.54) is 30.4 Å². The van der Waals surface area contributed by atoms with Crippen LogP contribution in [0, 0.1) is 0 Å². The molecule has 1 aliphatic heterocycles. The summed E-state index contributed by atoms with van der Waals surface area (Å²) in [5.74, 6) is -1.73. The molecule has 0 saturated carbocycles. The maximum Gasteiger partial charge on any atom is 0.212 e. The van der Waals surface area contributed by atoms with Gasteiger partial charge in [0.2, 0.25) is 5.60 Å². The Morgan fingerprint density at radius 3 is 1.85 bits per heavy atom. The van der Waals surface area contributed by atoms with Gasteiger partial charge in [0.25, 0.3) is 0 Å². The number of anilines is 1. The minimum Gasteiger partial charge on any atom is -0.543 e. The Kier molecular flexibility index (Phi) is 9.42. The minimum absolute atomic E-state index is 0.115. The first-order valence-electron chi connectivity index (χ1n) is 13.1. The zero-order valence-corrected chi connectivity index (χ0v) is 23.3. The number of nitrogens with zero attached hydrogens (tertiary/aromatic N) is 4. The van der Waals surface area contributed by atoms with Gasteiger partial charge in [0.15, 0.2) is 16.7 Å². The highest BCUT2D eigenvalue weighted by atomic mass is 32.1. The smallest absolute Gasteiger partial charge is 0.212 e. The first-order chi connectivity index (χ1) is 19.4. The van der Waals surface area contributed by atoms with Crippen LogP contribution in [0.2, 0.25) is 0 Å². The molecule has 3 aromatic carbocycles. The van der Waals surface area contributed by atoms with Crippen molar-refractivity contribution in [3.05, 3.63) is 126 Å². The van der Waals surface area contributed by atoms with Gasteiger partial charge in [-0.3, -0.25) is 0 Å². The van der Waals surface area contributed by atoms with E-state index in [0.717, 1.165) is 34.8 Å². The summed E-state index contributed by atoms with van der Waals surface area (Å²) >= 11 is 0.862. The van der Waals surface area contributed by atoms with E-state index < -0.39 is 17.3 Å².